The standard InChI is InChI=1S/C21H26N4O2/c1-21(2)14-27-19-16(6-4-7-17(19)21)20(26)25-11-8-15(12-25)24(3)13-18-22-9-5-10-23-18/h4-7,9-10,15H,8,11-14H2,1-3H3/t15-/m0/s1. The summed E-state index contributed by atoms with van der Waals surface area (Å²) in [6.07, 6.45) is 4.48. The van der Waals surface area contributed by atoms with Crippen LogP contribution in [-0.4, -0.2) is 58.5 Å². The quantitative estimate of drug-likeness (QED) is 0.832. The molecule has 142 valence electrons. The van der Waals surface area contributed by atoms with Gasteiger partial charge in [-0.1, -0.05) is 26.0 Å². The van der Waals surface area contributed by atoms with Gasteiger partial charge in [0, 0.05) is 42.5 Å². The van der Waals surface area contributed by atoms with Gasteiger partial charge < -0.3 is 9.64 Å². The lowest BCUT2D eigenvalue weighted by atomic mass is 9.86. The van der Waals surface area contributed by atoms with Crippen LogP contribution in [0.1, 0.15) is 42.0 Å². The first-order valence-corrected chi connectivity index (χ1v) is 9.47. The third-order valence-electron chi connectivity index (χ3n) is 5.64. The van der Waals surface area contributed by atoms with Crippen molar-refractivity contribution in [2.45, 2.75) is 38.3 Å². The summed E-state index contributed by atoms with van der Waals surface area (Å²) < 4.78 is 5.90. The Balaban J connectivity index is 1.45. The van der Waals surface area contributed by atoms with Crippen LogP contribution in [0.15, 0.2) is 36.7 Å². The van der Waals surface area contributed by atoms with Gasteiger partial charge in [0.2, 0.25) is 0 Å². The van der Waals surface area contributed by atoms with Gasteiger partial charge in [-0.05, 0) is 25.6 Å². The van der Waals surface area contributed by atoms with E-state index in [0.717, 1.165) is 36.6 Å². The van der Waals surface area contributed by atoms with E-state index in [1.165, 1.54) is 0 Å². The Labute approximate surface area is 160 Å². The summed E-state index contributed by atoms with van der Waals surface area (Å²) in [5, 5.41) is 0. The van der Waals surface area contributed by atoms with Gasteiger partial charge in [-0.2, -0.15) is 0 Å². The number of hydrogen-bond acceptors (Lipinski definition) is 5. The number of likely N-dealkylation sites (tertiary alicyclic amines) is 1. The molecule has 0 N–H and O–H groups in total. The molecule has 0 saturated carbocycles. The van der Waals surface area contributed by atoms with Crippen molar-refractivity contribution < 1.29 is 9.53 Å². The van der Waals surface area contributed by atoms with Crippen LogP contribution in [0.2, 0.25) is 0 Å². The van der Waals surface area contributed by atoms with Crippen molar-refractivity contribution in [3.63, 3.8) is 0 Å². The molecule has 0 unspecified atom stereocenters. The molecule has 0 radical (unpaired) electrons. The molecule has 0 aliphatic carbocycles. The molecule has 2 aromatic rings. The number of para-hydroxylation sites is 1. The van der Waals surface area contributed by atoms with E-state index in [0.29, 0.717) is 24.8 Å². The van der Waals surface area contributed by atoms with E-state index in [1.807, 2.05) is 23.1 Å². The first-order chi connectivity index (χ1) is 13.0. The van der Waals surface area contributed by atoms with E-state index in [1.54, 1.807) is 12.4 Å². The van der Waals surface area contributed by atoms with Crippen molar-refractivity contribution in [3.05, 3.63) is 53.6 Å². The highest BCUT2D eigenvalue weighted by Gasteiger charge is 2.37. The lowest BCUT2D eigenvalue weighted by Crippen LogP contribution is -2.36. The zero-order valence-electron chi connectivity index (χ0n) is 16.2. The van der Waals surface area contributed by atoms with Crippen LogP contribution in [0.25, 0.3) is 0 Å². The predicted molar refractivity (Wildman–Crippen MR) is 103 cm³/mol. The molecule has 27 heavy (non-hydrogen) atoms. The number of aromatic nitrogens is 2. The molecule has 1 aromatic heterocycles. The molecule has 1 atom stereocenters. The fraction of sp³-hybridized carbons (Fsp3) is 0.476. The Morgan fingerprint density at radius 2 is 2.07 bits per heavy atom. The molecule has 1 amide bonds. The lowest BCUT2D eigenvalue weighted by molar-refractivity contribution is 0.0775. The molecule has 6 heteroatoms. The second-order valence-electron chi connectivity index (χ2n) is 8.13. The van der Waals surface area contributed by atoms with Crippen LogP contribution < -0.4 is 4.74 Å². The van der Waals surface area contributed by atoms with Crippen LogP contribution in [-0.2, 0) is 12.0 Å². The molecule has 0 spiro atoms. The Hall–Kier alpha value is -2.47. The van der Waals surface area contributed by atoms with E-state index < -0.39 is 0 Å². The first-order valence-electron chi connectivity index (χ1n) is 9.47. The molecule has 0 bridgehead atoms. The highest BCUT2D eigenvalue weighted by Crippen LogP contribution is 2.41. The minimum absolute atomic E-state index is 0.0466. The van der Waals surface area contributed by atoms with Gasteiger partial charge in [-0.3, -0.25) is 9.69 Å². The average molecular weight is 366 g/mol. The average Bonchev–Trinajstić information content (AvgIpc) is 3.27. The van der Waals surface area contributed by atoms with Gasteiger partial charge >= 0.3 is 0 Å². The van der Waals surface area contributed by atoms with Gasteiger partial charge in [0.25, 0.3) is 5.91 Å². The number of rotatable bonds is 4. The minimum atomic E-state index is -0.0466. The van der Waals surface area contributed by atoms with Crippen LogP contribution >= 0.6 is 0 Å². The number of hydrogen-bond donors (Lipinski definition) is 0. The largest absolute Gasteiger partial charge is 0.492 e. The second-order valence-corrected chi connectivity index (χ2v) is 8.13. The number of fused-ring (bicyclic) bond motifs is 1. The normalized spacial score (nSPS) is 20.6. The summed E-state index contributed by atoms with van der Waals surface area (Å²) in [7, 11) is 2.07. The molecule has 2 aliphatic rings. The Morgan fingerprint density at radius 3 is 2.85 bits per heavy atom. The van der Waals surface area contributed by atoms with Gasteiger partial charge in [-0.25, -0.2) is 9.97 Å². The molecule has 1 saturated heterocycles. The summed E-state index contributed by atoms with van der Waals surface area (Å²) in [5.41, 5.74) is 1.77. The van der Waals surface area contributed by atoms with Crippen molar-refractivity contribution in [2.24, 2.45) is 0 Å². The maximum absolute atomic E-state index is 13.1. The first kappa shape index (κ1) is 17.9. The molecule has 3 heterocycles. The number of carbonyl (C=O) groups excluding carboxylic acids is 1. The van der Waals surface area contributed by atoms with E-state index >= 15 is 0 Å². The topological polar surface area (TPSA) is 58.6 Å². The molecule has 2 aliphatic heterocycles. The Kier molecular flexibility index (Phi) is 4.60. The monoisotopic (exact) mass is 366 g/mol. The van der Waals surface area contributed by atoms with Crippen molar-refractivity contribution in [3.8, 4) is 5.75 Å². The van der Waals surface area contributed by atoms with Gasteiger partial charge in [-0.15, -0.1) is 0 Å². The number of amides is 1. The number of carbonyl (C=O) groups is 1. The number of likely N-dealkylation sites (N-methyl/N-ethyl adjacent to an activating group) is 1. The SMILES string of the molecule is CN(Cc1ncccn1)[C@H]1CCN(C(=O)c2cccc3c2OCC3(C)C)C1. The zero-order valence-corrected chi connectivity index (χ0v) is 16.2. The smallest absolute Gasteiger partial charge is 0.257 e. The Bertz CT molecular complexity index is 837. The molecular weight excluding hydrogens is 340 g/mol. The second kappa shape index (κ2) is 6.93. The lowest BCUT2D eigenvalue weighted by Gasteiger charge is -2.24. The maximum Gasteiger partial charge on any atom is 0.257 e. The summed E-state index contributed by atoms with van der Waals surface area (Å²) in [4.78, 5) is 25.9. The molecule has 1 fully saturated rings. The van der Waals surface area contributed by atoms with E-state index in [-0.39, 0.29) is 11.3 Å². The minimum Gasteiger partial charge on any atom is -0.492 e. The van der Waals surface area contributed by atoms with Crippen LogP contribution in [0.4, 0.5) is 0 Å². The summed E-state index contributed by atoms with van der Waals surface area (Å²) in [6, 6.07) is 8.05. The molecular formula is C21H26N4O2. The van der Waals surface area contributed by atoms with Crippen molar-refractivity contribution >= 4 is 5.91 Å². The third-order valence-corrected chi connectivity index (χ3v) is 5.64. The highest BCUT2D eigenvalue weighted by molar-refractivity contribution is 5.98. The zero-order chi connectivity index (χ0) is 19.0. The van der Waals surface area contributed by atoms with E-state index in [4.69, 9.17) is 4.74 Å². The third kappa shape index (κ3) is 3.41. The molecule has 4 rings (SSSR count). The predicted octanol–water partition coefficient (Wildman–Crippen LogP) is 2.49. The van der Waals surface area contributed by atoms with Crippen LogP contribution in [0, 0.1) is 0 Å². The van der Waals surface area contributed by atoms with Gasteiger partial charge in [0.1, 0.15) is 11.6 Å². The van der Waals surface area contributed by atoms with E-state index in [9.17, 15) is 4.79 Å². The molecule has 6 nitrogen and oxygen atoms in total. The number of benzene rings is 1. The summed E-state index contributed by atoms with van der Waals surface area (Å²) >= 11 is 0. The maximum atomic E-state index is 13.1. The summed E-state index contributed by atoms with van der Waals surface area (Å²) in [5.74, 6) is 1.64. The fourth-order valence-electron chi connectivity index (χ4n) is 3.94. The van der Waals surface area contributed by atoms with Gasteiger partial charge in [0.15, 0.2) is 0 Å². The van der Waals surface area contributed by atoms with Crippen LogP contribution in [0.5, 0.6) is 5.75 Å². The number of nitrogens with zero attached hydrogens (tertiary/aromatic N) is 4. The molecule has 1 aromatic carbocycles. The fourth-order valence-corrected chi connectivity index (χ4v) is 3.94. The van der Waals surface area contributed by atoms with Crippen molar-refractivity contribution in [2.75, 3.05) is 26.7 Å². The Morgan fingerprint density at radius 1 is 1.30 bits per heavy atom. The van der Waals surface area contributed by atoms with Gasteiger partial charge in [0.05, 0.1) is 18.7 Å². The van der Waals surface area contributed by atoms with Crippen molar-refractivity contribution in [1.82, 2.24) is 19.8 Å². The number of ether oxygens (including phenoxy) is 1. The highest BCUT2D eigenvalue weighted by atomic mass is 16.5. The summed E-state index contributed by atoms with van der Waals surface area (Å²) in [6.45, 7) is 7.09. The van der Waals surface area contributed by atoms with Crippen LogP contribution in [0.3, 0.4) is 0 Å². The van der Waals surface area contributed by atoms with Crippen molar-refractivity contribution in [1.29, 1.82) is 0 Å². The van der Waals surface area contributed by atoms with E-state index in [2.05, 4.69) is 41.8 Å².